The first-order chi connectivity index (χ1) is 14.6. The van der Waals surface area contributed by atoms with Gasteiger partial charge in [-0.2, -0.15) is 0 Å². The zero-order chi connectivity index (χ0) is 20.7. The number of fused-ring (bicyclic) bond motifs is 3. The van der Waals surface area contributed by atoms with E-state index >= 15 is 0 Å². The number of thioether (sulfide) groups is 1. The van der Waals surface area contributed by atoms with Crippen LogP contribution in [0.1, 0.15) is 16.9 Å². The largest absolute Gasteiger partial charge is 0.352 e. The zero-order valence-electron chi connectivity index (χ0n) is 16.7. The monoisotopic (exact) mass is 442 g/mol. The molecule has 3 aromatic rings. The molecule has 0 unspecified atom stereocenters. The normalized spacial score (nSPS) is 16.3. The van der Waals surface area contributed by atoms with E-state index in [1.165, 1.54) is 22.2 Å². The topological polar surface area (TPSA) is 84.2 Å². The second-order valence-corrected chi connectivity index (χ2v) is 9.54. The van der Waals surface area contributed by atoms with Crippen molar-refractivity contribution in [3.8, 4) is 0 Å². The first-order valence-corrected chi connectivity index (χ1v) is 11.8. The molecule has 10 heteroatoms. The number of carbonyl (C=O) groups is 1. The van der Waals surface area contributed by atoms with Gasteiger partial charge in [0.05, 0.1) is 17.3 Å². The maximum Gasteiger partial charge on any atom is 0.262 e. The van der Waals surface area contributed by atoms with E-state index in [4.69, 9.17) is 4.98 Å². The Kier molecular flexibility index (Phi) is 5.20. The van der Waals surface area contributed by atoms with Gasteiger partial charge in [0, 0.05) is 50.5 Å². The van der Waals surface area contributed by atoms with Crippen LogP contribution in [0.5, 0.6) is 0 Å². The molecule has 0 bridgehead atoms. The molecule has 1 amide bonds. The van der Waals surface area contributed by atoms with Crippen LogP contribution in [0.2, 0.25) is 0 Å². The van der Waals surface area contributed by atoms with E-state index in [-0.39, 0.29) is 17.2 Å². The third-order valence-corrected chi connectivity index (χ3v) is 7.94. The summed E-state index contributed by atoms with van der Waals surface area (Å²) in [5, 5.41) is 1.39. The van der Waals surface area contributed by atoms with Gasteiger partial charge < -0.3 is 9.80 Å². The van der Waals surface area contributed by atoms with Crippen molar-refractivity contribution < 1.29 is 4.79 Å². The van der Waals surface area contributed by atoms with Gasteiger partial charge in [-0.3, -0.25) is 19.1 Å². The number of aromatic nitrogens is 4. The van der Waals surface area contributed by atoms with E-state index in [0.29, 0.717) is 18.2 Å². The predicted molar refractivity (Wildman–Crippen MR) is 118 cm³/mol. The summed E-state index contributed by atoms with van der Waals surface area (Å²) in [6, 6.07) is 0. The van der Waals surface area contributed by atoms with Gasteiger partial charge in [-0.1, -0.05) is 11.8 Å². The van der Waals surface area contributed by atoms with Crippen LogP contribution in [0.4, 0.5) is 5.82 Å². The number of nitrogens with zero attached hydrogens (tertiary/aromatic N) is 6. The highest BCUT2D eigenvalue weighted by molar-refractivity contribution is 7.99. The third kappa shape index (κ3) is 3.47. The van der Waals surface area contributed by atoms with Crippen LogP contribution >= 0.6 is 23.1 Å². The fraction of sp³-hybridized carbons (Fsp3) is 0.450. The van der Waals surface area contributed by atoms with E-state index in [9.17, 15) is 9.59 Å². The lowest BCUT2D eigenvalue weighted by Crippen LogP contribution is -2.49. The number of amides is 1. The maximum atomic E-state index is 12.9. The molecule has 0 spiro atoms. The van der Waals surface area contributed by atoms with Gasteiger partial charge in [-0.05, 0) is 24.8 Å². The van der Waals surface area contributed by atoms with Gasteiger partial charge in [0.2, 0.25) is 5.91 Å². The van der Waals surface area contributed by atoms with E-state index in [1.54, 1.807) is 41.5 Å². The Bertz CT molecular complexity index is 1150. The molecule has 2 aliphatic rings. The van der Waals surface area contributed by atoms with Crippen LogP contribution in [-0.2, 0) is 24.7 Å². The van der Waals surface area contributed by atoms with Crippen molar-refractivity contribution in [1.29, 1.82) is 0 Å². The smallest absolute Gasteiger partial charge is 0.262 e. The lowest BCUT2D eigenvalue weighted by molar-refractivity contribution is -0.128. The molecule has 156 valence electrons. The van der Waals surface area contributed by atoms with E-state index in [1.807, 2.05) is 4.90 Å². The number of aryl methyl sites for hydroxylation is 2. The van der Waals surface area contributed by atoms with Crippen LogP contribution in [-0.4, -0.2) is 62.3 Å². The first-order valence-electron chi connectivity index (χ1n) is 10.0. The first kappa shape index (κ1) is 19.5. The number of rotatable bonds is 4. The van der Waals surface area contributed by atoms with Crippen molar-refractivity contribution in [1.82, 2.24) is 24.4 Å². The highest BCUT2D eigenvalue weighted by atomic mass is 32.2. The average Bonchev–Trinajstić information content (AvgIpc) is 3.37. The number of hydrogen-bond donors (Lipinski definition) is 0. The number of hydrogen-bond acceptors (Lipinski definition) is 8. The molecule has 0 radical (unpaired) electrons. The standard InChI is InChI=1S/C20H22N6O2S2/c1-24-19(28)17-13-3-2-4-14(13)30-18(17)23-20(24)29-12-16(27)26-9-7-25(8-10-26)15-11-21-5-6-22-15/h5-6,11H,2-4,7-10,12H2,1H3. The minimum atomic E-state index is 0.00642. The molecule has 1 aliphatic carbocycles. The molecule has 0 N–H and O–H groups in total. The Morgan fingerprint density at radius 2 is 2.03 bits per heavy atom. The number of carbonyl (C=O) groups excluding carboxylic acids is 1. The molecule has 1 saturated heterocycles. The molecule has 0 aromatic carbocycles. The summed E-state index contributed by atoms with van der Waals surface area (Å²) in [7, 11) is 1.75. The van der Waals surface area contributed by atoms with Gasteiger partial charge >= 0.3 is 0 Å². The van der Waals surface area contributed by atoms with Gasteiger partial charge in [-0.25, -0.2) is 9.97 Å². The van der Waals surface area contributed by atoms with Crippen LogP contribution in [0, 0.1) is 0 Å². The Hall–Kier alpha value is -2.46. The van der Waals surface area contributed by atoms with Gasteiger partial charge in [-0.15, -0.1) is 11.3 Å². The van der Waals surface area contributed by atoms with Crippen molar-refractivity contribution in [2.24, 2.45) is 7.05 Å². The van der Waals surface area contributed by atoms with Crippen molar-refractivity contribution in [3.05, 3.63) is 39.4 Å². The van der Waals surface area contributed by atoms with Gasteiger partial charge in [0.25, 0.3) is 5.56 Å². The quantitative estimate of drug-likeness (QED) is 0.449. The second kappa shape index (κ2) is 7.99. The highest BCUT2D eigenvalue weighted by Gasteiger charge is 2.24. The summed E-state index contributed by atoms with van der Waals surface area (Å²) in [6.45, 7) is 2.77. The Morgan fingerprint density at radius 1 is 1.20 bits per heavy atom. The van der Waals surface area contributed by atoms with Crippen LogP contribution in [0.15, 0.2) is 28.5 Å². The lowest BCUT2D eigenvalue weighted by atomic mass is 10.2. The van der Waals surface area contributed by atoms with Gasteiger partial charge in [0.1, 0.15) is 10.6 Å². The molecular formula is C20H22N6O2S2. The summed E-state index contributed by atoms with van der Waals surface area (Å²) >= 11 is 2.98. The molecule has 0 atom stereocenters. The van der Waals surface area contributed by atoms with Crippen molar-refractivity contribution in [2.75, 3.05) is 36.8 Å². The minimum absolute atomic E-state index is 0.00642. The van der Waals surface area contributed by atoms with Crippen LogP contribution in [0.3, 0.4) is 0 Å². The zero-order valence-corrected chi connectivity index (χ0v) is 18.3. The molecule has 4 heterocycles. The maximum absolute atomic E-state index is 12.9. The van der Waals surface area contributed by atoms with Crippen LogP contribution in [0.25, 0.3) is 10.2 Å². The summed E-state index contributed by atoms with van der Waals surface area (Å²) in [6.07, 6.45) is 8.22. The van der Waals surface area contributed by atoms with Crippen molar-refractivity contribution >= 4 is 45.0 Å². The Balaban J connectivity index is 1.24. The third-order valence-electron chi connectivity index (χ3n) is 5.74. The molecular weight excluding hydrogens is 420 g/mol. The molecule has 0 saturated carbocycles. The van der Waals surface area contributed by atoms with E-state index in [0.717, 1.165) is 48.4 Å². The number of anilines is 1. The summed E-state index contributed by atoms with van der Waals surface area (Å²) in [4.78, 5) is 44.9. The fourth-order valence-electron chi connectivity index (χ4n) is 4.09. The lowest BCUT2D eigenvalue weighted by Gasteiger charge is -2.35. The number of thiophene rings is 1. The second-order valence-electron chi connectivity index (χ2n) is 7.52. The fourth-order valence-corrected chi connectivity index (χ4v) is 6.27. The average molecular weight is 443 g/mol. The van der Waals surface area contributed by atoms with Crippen molar-refractivity contribution in [2.45, 2.75) is 24.4 Å². The molecule has 1 aliphatic heterocycles. The number of piperazine rings is 1. The SMILES string of the molecule is Cn1c(SCC(=O)N2CCN(c3cnccn3)CC2)nc2sc3c(c2c1=O)CCC3. The van der Waals surface area contributed by atoms with Gasteiger partial charge in [0.15, 0.2) is 5.16 Å². The summed E-state index contributed by atoms with van der Waals surface area (Å²) in [5.74, 6) is 1.19. The van der Waals surface area contributed by atoms with E-state index < -0.39 is 0 Å². The molecule has 3 aromatic heterocycles. The van der Waals surface area contributed by atoms with E-state index in [2.05, 4.69) is 14.9 Å². The minimum Gasteiger partial charge on any atom is -0.352 e. The van der Waals surface area contributed by atoms with Crippen LogP contribution < -0.4 is 10.5 Å². The molecule has 8 nitrogen and oxygen atoms in total. The summed E-state index contributed by atoms with van der Waals surface area (Å²) < 4.78 is 1.59. The molecule has 30 heavy (non-hydrogen) atoms. The summed E-state index contributed by atoms with van der Waals surface area (Å²) in [5.41, 5.74) is 1.20. The highest BCUT2D eigenvalue weighted by Crippen LogP contribution is 2.35. The molecule has 5 rings (SSSR count). The van der Waals surface area contributed by atoms with Crippen molar-refractivity contribution in [3.63, 3.8) is 0 Å². The predicted octanol–water partition coefficient (Wildman–Crippen LogP) is 1.71. The molecule has 1 fully saturated rings. The Labute approximate surface area is 182 Å². The Morgan fingerprint density at radius 3 is 2.80 bits per heavy atom.